The van der Waals surface area contributed by atoms with E-state index in [1.165, 1.54) is 5.69 Å². The number of nitrogens with zero attached hydrogens (tertiary/aromatic N) is 3. The number of ether oxygens (including phenoxy) is 1. The van der Waals surface area contributed by atoms with Gasteiger partial charge >= 0.3 is 0 Å². The summed E-state index contributed by atoms with van der Waals surface area (Å²) in [5.41, 5.74) is 4.17. The van der Waals surface area contributed by atoms with Crippen LogP contribution >= 0.6 is 0 Å². The molecule has 0 atom stereocenters. The summed E-state index contributed by atoms with van der Waals surface area (Å²) in [5, 5.41) is 0. The Morgan fingerprint density at radius 1 is 0.935 bits per heavy atom. The maximum absolute atomic E-state index is 13.0. The Balaban J connectivity index is 1.27. The number of carbonyl (C=O) groups excluding carboxylic acids is 2. The van der Waals surface area contributed by atoms with Crippen LogP contribution in [0.5, 0.6) is 0 Å². The monoisotopic (exact) mass is 421 g/mol. The molecule has 164 valence electrons. The quantitative estimate of drug-likeness (QED) is 0.671. The number of hydrogen-bond acceptors (Lipinski definition) is 5. The molecule has 0 saturated carbocycles. The maximum Gasteiger partial charge on any atom is 0.225 e. The van der Waals surface area contributed by atoms with Gasteiger partial charge in [-0.2, -0.15) is 0 Å². The summed E-state index contributed by atoms with van der Waals surface area (Å²) in [4.78, 5) is 30.3. The van der Waals surface area contributed by atoms with Crippen molar-refractivity contribution >= 4 is 23.6 Å². The number of anilines is 2. The highest BCUT2D eigenvalue weighted by atomic mass is 16.5. The van der Waals surface area contributed by atoms with Crippen molar-refractivity contribution in [2.45, 2.75) is 19.4 Å². The molecule has 2 aliphatic heterocycles. The smallest absolute Gasteiger partial charge is 0.225 e. The van der Waals surface area contributed by atoms with Crippen LogP contribution in [-0.2, 0) is 16.1 Å². The summed E-state index contributed by atoms with van der Waals surface area (Å²) in [5.74, 6) is 0.302. The van der Waals surface area contributed by atoms with Crippen molar-refractivity contribution in [1.82, 2.24) is 4.90 Å². The molecule has 0 unspecified atom stereocenters. The molecule has 0 spiro atoms. The predicted octanol–water partition coefficient (Wildman–Crippen LogP) is 3.21. The highest BCUT2D eigenvalue weighted by Crippen LogP contribution is 2.25. The molecule has 31 heavy (non-hydrogen) atoms. The van der Waals surface area contributed by atoms with Crippen LogP contribution < -0.4 is 9.80 Å². The molecule has 0 radical (unpaired) electrons. The number of piperidine rings is 1. The lowest BCUT2D eigenvalue weighted by Crippen LogP contribution is -2.41. The summed E-state index contributed by atoms with van der Waals surface area (Å²) < 4.78 is 5.42. The molecule has 0 aromatic heterocycles. The number of carbonyl (C=O) groups is 2. The van der Waals surface area contributed by atoms with E-state index in [4.69, 9.17) is 4.74 Å². The largest absolute Gasteiger partial charge is 0.378 e. The van der Waals surface area contributed by atoms with Crippen molar-refractivity contribution in [2.75, 3.05) is 56.2 Å². The predicted molar refractivity (Wildman–Crippen MR) is 123 cm³/mol. The molecule has 2 aromatic rings. The molecule has 4 rings (SSSR count). The number of aldehydes is 1. The number of amides is 1. The van der Waals surface area contributed by atoms with Gasteiger partial charge in [0.05, 0.1) is 13.2 Å². The Hall–Kier alpha value is -2.86. The van der Waals surface area contributed by atoms with Gasteiger partial charge in [0.2, 0.25) is 5.91 Å². The van der Waals surface area contributed by atoms with Crippen LogP contribution in [0.3, 0.4) is 0 Å². The van der Waals surface area contributed by atoms with E-state index < -0.39 is 0 Å². The topological polar surface area (TPSA) is 53.1 Å². The first-order valence-corrected chi connectivity index (χ1v) is 11.1. The van der Waals surface area contributed by atoms with Gasteiger partial charge in [0, 0.05) is 62.6 Å². The van der Waals surface area contributed by atoms with Crippen LogP contribution in [0.2, 0.25) is 0 Å². The zero-order valence-corrected chi connectivity index (χ0v) is 18.2. The molecule has 1 amide bonds. The summed E-state index contributed by atoms with van der Waals surface area (Å²) in [6, 6.07) is 16.2. The Bertz CT molecular complexity index is 868. The van der Waals surface area contributed by atoms with E-state index >= 15 is 0 Å². The second-order valence-electron chi connectivity index (χ2n) is 8.43. The molecule has 2 fully saturated rings. The standard InChI is InChI=1S/C25H31N3O3/c1-26(18-20-2-6-24(7-3-20)28-14-16-31-17-15-28)25(30)22-10-12-27(13-11-22)23-8-4-21(19-29)5-9-23/h2-9,19,22H,10-18H2,1H3. The second-order valence-corrected chi connectivity index (χ2v) is 8.43. The van der Waals surface area contributed by atoms with Crippen molar-refractivity contribution in [3.8, 4) is 0 Å². The van der Waals surface area contributed by atoms with Crippen LogP contribution in [-0.4, -0.2) is 63.5 Å². The summed E-state index contributed by atoms with van der Waals surface area (Å²) in [6.45, 7) is 5.77. The molecule has 2 saturated heterocycles. The minimum atomic E-state index is 0.0723. The first-order chi connectivity index (χ1) is 15.1. The second kappa shape index (κ2) is 9.96. The van der Waals surface area contributed by atoms with Crippen LogP contribution in [0.25, 0.3) is 0 Å². The summed E-state index contributed by atoms with van der Waals surface area (Å²) in [6.07, 6.45) is 2.57. The van der Waals surface area contributed by atoms with Crippen LogP contribution in [0.15, 0.2) is 48.5 Å². The van der Waals surface area contributed by atoms with Gasteiger partial charge < -0.3 is 19.4 Å². The molecule has 0 N–H and O–H groups in total. The molecule has 6 nitrogen and oxygen atoms in total. The molecule has 2 heterocycles. The fraction of sp³-hybridized carbons (Fsp3) is 0.440. The van der Waals surface area contributed by atoms with E-state index in [1.807, 2.05) is 36.2 Å². The van der Waals surface area contributed by atoms with Gasteiger partial charge in [-0.15, -0.1) is 0 Å². The molecule has 0 aliphatic carbocycles. The van der Waals surface area contributed by atoms with Crippen molar-refractivity contribution < 1.29 is 14.3 Å². The fourth-order valence-electron chi connectivity index (χ4n) is 4.45. The average Bonchev–Trinajstić information content (AvgIpc) is 2.85. The number of benzene rings is 2. The van der Waals surface area contributed by atoms with E-state index in [0.29, 0.717) is 12.1 Å². The van der Waals surface area contributed by atoms with E-state index in [9.17, 15) is 9.59 Å². The van der Waals surface area contributed by atoms with Crippen molar-refractivity contribution in [3.05, 3.63) is 59.7 Å². The van der Waals surface area contributed by atoms with Crippen molar-refractivity contribution in [3.63, 3.8) is 0 Å². The summed E-state index contributed by atoms with van der Waals surface area (Å²) in [7, 11) is 1.91. The van der Waals surface area contributed by atoms with E-state index in [-0.39, 0.29) is 11.8 Å². The number of hydrogen-bond donors (Lipinski definition) is 0. The molecule has 2 aliphatic rings. The third-order valence-corrected chi connectivity index (χ3v) is 6.35. The molecular formula is C25H31N3O3. The minimum Gasteiger partial charge on any atom is -0.378 e. The van der Waals surface area contributed by atoms with Gasteiger partial charge in [0.25, 0.3) is 0 Å². The third kappa shape index (κ3) is 5.25. The van der Waals surface area contributed by atoms with Gasteiger partial charge in [0.1, 0.15) is 6.29 Å². The van der Waals surface area contributed by atoms with Crippen LogP contribution in [0.1, 0.15) is 28.8 Å². The average molecular weight is 422 g/mol. The first kappa shape index (κ1) is 21.4. The van der Waals surface area contributed by atoms with E-state index in [0.717, 1.165) is 69.8 Å². The highest BCUT2D eigenvalue weighted by molar-refractivity contribution is 5.79. The maximum atomic E-state index is 13.0. The normalized spacial score (nSPS) is 17.5. The van der Waals surface area contributed by atoms with Gasteiger partial charge in [-0.1, -0.05) is 12.1 Å². The first-order valence-electron chi connectivity index (χ1n) is 11.1. The molecular weight excluding hydrogens is 390 g/mol. The number of rotatable bonds is 6. The Morgan fingerprint density at radius 2 is 1.48 bits per heavy atom. The van der Waals surface area contributed by atoms with Crippen molar-refractivity contribution in [1.29, 1.82) is 0 Å². The van der Waals surface area contributed by atoms with Gasteiger partial charge in [-0.05, 0) is 54.8 Å². The Kier molecular flexibility index (Phi) is 6.87. The minimum absolute atomic E-state index is 0.0723. The van der Waals surface area contributed by atoms with E-state index in [2.05, 4.69) is 34.1 Å². The molecule has 2 aromatic carbocycles. The summed E-state index contributed by atoms with van der Waals surface area (Å²) >= 11 is 0. The lowest BCUT2D eigenvalue weighted by Gasteiger charge is -2.34. The molecule has 0 bridgehead atoms. The van der Waals surface area contributed by atoms with Gasteiger partial charge in [-0.3, -0.25) is 9.59 Å². The van der Waals surface area contributed by atoms with E-state index in [1.54, 1.807) is 0 Å². The SMILES string of the molecule is CN(Cc1ccc(N2CCOCC2)cc1)C(=O)C1CCN(c2ccc(C=O)cc2)CC1. The zero-order chi connectivity index (χ0) is 21.6. The lowest BCUT2D eigenvalue weighted by atomic mass is 9.94. The number of morpholine rings is 1. The lowest BCUT2D eigenvalue weighted by molar-refractivity contribution is -0.135. The van der Waals surface area contributed by atoms with Crippen molar-refractivity contribution in [2.24, 2.45) is 5.92 Å². The van der Waals surface area contributed by atoms with Gasteiger partial charge in [0.15, 0.2) is 0 Å². The highest BCUT2D eigenvalue weighted by Gasteiger charge is 2.27. The third-order valence-electron chi connectivity index (χ3n) is 6.35. The Labute approximate surface area is 184 Å². The van der Waals surface area contributed by atoms with Crippen LogP contribution in [0.4, 0.5) is 11.4 Å². The van der Waals surface area contributed by atoms with Crippen LogP contribution in [0, 0.1) is 5.92 Å². The zero-order valence-electron chi connectivity index (χ0n) is 18.2. The van der Waals surface area contributed by atoms with Gasteiger partial charge in [-0.25, -0.2) is 0 Å². The Morgan fingerprint density at radius 3 is 2.06 bits per heavy atom. The molecule has 6 heteroatoms. The fourth-order valence-corrected chi connectivity index (χ4v) is 4.45.